The highest BCUT2D eigenvalue weighted by Crippen LogP contribution is 2.31. The second kappa shape index (κ2) is 5.16. The van der Waals surface area contributed by atoms with Gasteiger partial charge < -0.3 is 19.7 Å². The van der Waals surface area contributed by atoms with Crippen LogP contribution in [0.25, 0.3) is 0 Å². The van der Waals surface area contributed by atoms with Crippen LogP contribution in [0.1, 0.15) is 22.3 Å². The number of benzene rings is 1. The number of carboxylic acids is 1. The fraction of sp³-hybridized carbons (Fsp3) is 0.273. The van der Waals surface area contributed by atoms with Crippen molar-refractivity contribution < 1.29 is 24.5 Å². The highest BCUT2D eigenvalue weighted by atomic mass is 16.5. The summed E-state index contributed by atoms with van der Waals surface area (Å²) in [5.41, 5.74) is 0.416. The number of aryl methyl sites for hydroxylation is 1. The van der Waals surface area contributed by atoms with Crippen molar-refractivity contribution in [2.75, 3.05) is 7.11 Å². The van der Waals surface area contributed by atoms with E-state index in [4.69, 9.17) is 9.84 Å². The number of carboxylic acid groups (broad SMARTS) is 1. The Morgan fingerprint density at radius 2 is 2.19 bits per heavy atom. The van der Waals surface area contributed by atoms with Crippen LogP contribution in [0.2, 0.25) is 0 Å². The van der Waals surface area contributed by atoms with Crippen molar-refractivity contribution in [1.29, 1.82) is 0 Å². The molecule has 0 bridgehead atoms. The molecule has 1 aromatic carbocycles. The molecule has 1 rings (SSSR count). The molecule has 16 heavy (non-hydrogen) atoms. The molecule has 0 aromatic heterocycles. The molecular formula is C11H12O5. The minimum absolute atomic E-state index is 0.0980. The Bertz CT molecular complexity index is 411. The van der Waals surface area contributed by atoms with Crippen molar-refractivity contribution in [3.05, 3.63) is 23.3 Å². The van der Waals surface area contributed by atoms with E-state index in [9.17, 15) is 14.7 Å². The number of phenols is 1. The van der Waals surface area contributed by atoms with Crippen LogP contribution in [0.5, 0.6) is 11.5 Å². The number of carbonyl (C=O) groups excluding carboxylic acids is 1. The first-order chi connectivity index (χ1) is 7.60. The van der Waals surface area contributed by atoms with E-state index in [0.717, 1.165) is 6.29 Å². The van der Waals surface area contributed by atoms with Crippen LogP contribution < -0.4 is 4.74 Å². The summed E-state index contributed by atoms with van der Waals surface area (Å²) in [6.07, 6.45) is 1.47. The Balaban J connectivity index is 3.17. The molecule has 0 heterocycles. The van der Waals surface area contributed by atoms with E-state index in [1.807, 2.05) is 0 Å². The molecule has 0 amide bonds. The minimum atomic E-state index is -1.23. The maximum atomic E-state index is 10.8. The largest absolute Gasteiger partial charge is 0.504 e. The van der Waals surface area contributed by atoms with Gasteiger partial charge in [0, 0.05) is 6.42 Å². The van der Waals surface area contributed by atoms with Gasteiger partial charge in [-0.1, -0.05) is 0 Å². The highest BCUT2D eigenvalue weighted by Gasteiger charge is 2.15. The van der Waals surface area contributed by atoms with Crippen molar-refractivity contribution in [3.63, 3.8) is 0 Å². The van der Waals surface area contributed by atoms with E-state index in [1.54, 1.807) is 0 Å². The number of aromatic carboxylic acids is 1. The number of aromatic hydroxyl groups is 1. The summed E-state index contributed by atoms with van der Waals surface area (Å²) in [4.78, 5) is 21.1. The molecule has 0 unspecified atom stereocenters. The first-order valence-corrected chi connectivity index (χ1v) is 4.67. The molecule has 0 aliphatic carbocycles. The third-order valence-electron chi connectivity index (χ3n) is 2.14. The number of methoxy groups -OCH3 is 1. The Morgan fingerprint density at radius 1 is 1.50 bits per heavy atom. The zero-order valence-electron chi connectivity index (χ0n) is 8.77. The van der Waals surface area contributed by atoms with Gasteiger partial charge in [0.05, 0.1) is 7.11 Å². The van der Waals surface area contributed by atoms with Crippen LogP contribution in [-0.4, -0.2) is 29.6 Å². The third kappa shape index (κ3) is 2.50. The van der Waals surface area contributed by atoms with Crippen LogP contribution >= 0.6 is 0 Å². The maximum Gasteiger partial charge on any atom is 0.339 e. The lowest BCUT2D eigenvalue weighted by Gasteiger charge is -2.08. The number of hydrogen-bond donors (Lipinski definition) is 2. The lowest BCUT2D eigenvalue weighted by molar-refractivity contribution is -0.107. The average Bonchev–Trinajstić information content (AvgIpc) is 2.27. The molecule has 5 nitrogen and oxygen atoms in total. The summed E-state index contributed by atoms with van der Waals surface area (Å²) in [7, 11) is 1.34. The number of carbonyl (C=O) groups is 2. The number of rotatable bonds is 5. The molecular weight excluding hydrogens is 212 g/mol. The van der Waals surface area contributed by atoms with E-state index in [-0.39, 0.29) is 11.3 Å². The van der Waals surface area contributed by atoms with Crippen LogP contribution in [0, 0.1) is 0 Å². The number of ether oxygens (including phenoxy) is 1. The molecule has 1 aromatic rings. The molecule has 0 atom stereocenters. The molecule has 0 spiro atoms. The van der Waals surface area contributed by atoms with Crippen molar-refractivity contribution in [2.45, 2.75) is 12.8 Å². The second-order valence-corrected chi connectivity index (χ2v) is 3.20. The van der Waals surface area contributed by atoms with Crippen LogP contribution in [0.3, 0.4) is 0 Å². The number of hydrogen-bond acceptors (Lipinski definition) is 4. The SMILES string of the molecule is COc1cc(CCC=O)cc(C(=O)O)c1O. The Kier molecular flexibility index (Phi) is 3.88. The molecule has 0 fully saturated rings. The van der Waals surface area contributed by atoms with Gasteiger partial charge in [0.1, 0.15) is 11.8 Å². The van der Waals surface area contributed by atoms with Gasteiger partial charge in [-0.05, 0) is 24.1 Å². The molecule has 0 aliphatic heterocycles. The molecule has 2 N–H and O–H groups in total. The third-order valence-corrected chi connectivity index (χ3v) is 2.14. The quantitative estimate of drug-likeness (QED) is 0.735. The lowest BCUT2D eigenvalue weighted by Crippen LogP contribution is -2.01. The summed E-state index contributed by atoms with van der Waals surface area (Å²) < 4.78 is 4.85. The van der Waals surface area contributed by atoms with Gasteiger partial charge in [0.15, 0.2) is 11.5 Å². The molecule has 0 saturated heterocycles. The first kappa shape index (κ1) is 12.0. The molecule has 5 heteroatoms. The fourth-order valence-corrected chi connectivity index (χ4v) is 1.35. The van der Waals surface area contributed by atoms with E-state index >= 15 is 0 Å². The van der Waals surface area contributed by atoms with Crippen LogP contribution in [-0.2, 0) is 11.2 Å². The highest BCUT2D eigenvalue weighted by molar-refractivity contribution is 5.92. The normalized spacial score (nSPS) is 9.81. The molecule has 86 valence electrons. The van der Waals surface area contributed by atoms with Crippen molar-refractivity contribution >= 4 is 12.3 Å². The second-order valence-electron chi connectivity index (χ2n) is 3.20. The van der Waals surface area contributed by atoms with Crippen LogP contribution in [0.4, 0.5) is 0 Å². The van der Waals surface area contributed by atoms with Gasteiger partial charge in [0.2, 0.25) is 0 Å². The molecule has 0 aliphatic rings. The van der Waals surface area contributed by atoms with Gasteiger partial charge in [-0.2, -0.15) is 0 Å². The smallest absolute Gasteiger partial charge is 0.339 e. The minimum Gasteiger partial charge on any atom is -0.504 e. The van der Waals surface area contributed by atoms with Gasteiger partial charge in [-0.15, -0.1) is 0 Å². The van der Waals surface area contributed by atoms with E-state index < -0.39 is 11.7 Å². The van der Waals surface area contributed by atoms with Crippen molar-refractivity contribution in [2.24, 2.45) is 0 Å². The Hall–Kier alpha value is -2.04. The first-order valence-electron chi connectivity index (χ1n) is 4.67. The predicted octanol–water partition coefficient (Wildman–Crippen LogP) is 1.23. The van der Waals surface area contributed by atoms with E-state index in [1.165, 1.54) is 19.2 Å². The van der Waals surface area contributed by atoms with Crippen LogP contribution in [0.15, 0.2) is 12.1 Å². The van der Waals surface area contributed by atoms with Crippen molar-refractivity contribution in [3.8, 4) is 11.5 Å². The van der Waals surface area contributed by atoms with Gasteiger partial charge in [-0.3, -0.25) is 0 Å². The predicted molar refractivity (Wildman–Crippen MR) is 56.0 cm³/mol. The molecule has 0 radical (unpaired) electrons. The summed E-state index contributed by atoms with van der Waals surface area (Å²) >= 11 is 0. The van der Waals surface area contributed by atoms with Gasteiger partial charge in [0.25, 0.3) is 0 Å². The summed E-state index contributed by atoms with van der Waals surface area (Å²) in [5.74, 6) is -1.53. The average molecular weight is 224 g/mol. The molecule has 0 saturated carbocycles. The Morgan fingerprint density at radius 3 is 2.69 bits per heavy atom. The van der Waals surface area contributed by atoms with E-state index in [0.29, 0.717) is 18.4 Å². The lowest BCUT2D eigenvalue weighted by atomic mass is 10.0. The summed E-state index contributed by atoms with van der Waals surface area (Å²) in [6, 6.07) is 2.86. The zero-order valence-corrected chi connectivity index (χ0v) is 8.77. The Labute approximate surface area is 92.3 Å². The zero-order chi connectivity index (χ0) is 12.1. The summed E-state index contributed by atoms with van der Waals surface area (Å²) in [6.45, 7) is 0. The van der Waals surface area contributed by atoms with Gasteiger partial charge in [-0.25, -0.2) is 4.79 Å². The maximum absolute atomic E-state index is 10.8. The topological polar surface area (TPSA) is 83.8 Å². The van der Waals surface area contributed by atoms with Crippen molar-refractivity contribution in [1.82, 2.24) is 0 Å². The fourth-order valence-electron chi connectivity index (χ4n) is 1.35. The monoisotopic (exact) mass is 224 g/mol. The van der Waals surface area contributed by atoms with E-state index in [2.05, 4.69) is 0 Å². The number of aldehydes is 1. The van der Waals surface area contributed by atoms with Gasteiger partial charge >= 0.3 is 5.97 Å². The standard InChI is InChI=1S/C11H12O5/c1-16-9-6-7(3-2-4-12)5-8(10(9)13)11(14)15/h4-6,13H,2-3H2,1H3,(H,14,15). The summed E-state index contributed by atoms with van der Waals surface area (Å²) in [5, 5.41) is 18.4.